The molecule has 0 amide bonds. The highest BCUT2D eigenvalue weighted by Gasteiger charge is 2.30. The summed E-state index contributed by atoms with van der Waals surface area (Å²) >= 11 is 0. The van der Waals surface area contributed by atoms with Crippen molar-refractivity contribution in [3.63, 3.8) is 0 Å². The van der Waals surface area contributed by atoms with Crippen molar-refractivity contribution in [1.82, 2.24) is 4.98 Å². The lowest BCUT2D eigenvalue weighted by atomic mass is 10.1. The molecule has 1 aromatic heterocycles. The number of hydrogen-bond acceptors (Lipinski definition) is 4. The van der Waals surface area contributed by atoms with Crippen molar-refractivity contribution in [2.45, 2.75) is 6.18 Å². The molecule has 3 N–H and O–H groups in total. The SMILES string of the molecule is N#Cc1cc2cc(N)ccc2nc1Nc1cccc(C(F)(F)F)c1. The minimum absolute atomic E-state index is 0.189. The summed E-state index contributed by atoms with van der Waals surface area (Å²) in [5.74, 6) is 0.189. The maximum Gasteiger partial charge on any atom is 0.416 e. The summed E-state index contributed by atoms with van der Waals surface area (Å²) in [6.45, 7) is 0. The Balaban J connectivity index is 2.04. The third-order valence-electron chi connectivity index (χ3n) is 3.41. The summed E-state index contributed by atoms with van der Waals surface area (Å²) in [5, 5.41) is 12.7. The largest absolute Gasteiger partial charge is 0.416 e. The Hall–Kier alpha value is -3.27. The Labute approximate surface area is 135 Å². The molecule has 3 rings (SSSR count). The van der Waals surface area contributed by atoms with E-state index in [-0.39, 0.29) is 17.1 Å². The summed E-state index contributed by atoms with van der Waals surface area (Å²) in [6.07, 6.45) is -4.44. The van der Waals surface area contributed by atoms with Gasteiger partial charge in [-0.1, -0.05) is 6.07 Å². The number of aromatic nitrogens is 1. The van der Waals surface area contributed by atoms with Crippen LogP contribution in [0.5, 0.6) is 0 Å². The van der Waals surface area contributed by atoms with E-state index in [0.29, 0.717) is 16.6 Å². The molecule has 0 radical (unpaired) electrons. The van der Waals surface area contributed by atoms with Crippen molar-refractivity contribution in [1.29, 1.82) is 5.26 Å². The Morgan fingerprint density at radius 2 is 1.88 bits per heavy atom. The topological polar surface area (TPSA) is 74.7 Å². The van der Waals surface area contributed by atoms with Gasteiger partial charge in [-0.3, -0.25) is 0 Å². The van der Waals surface area contributed by atoms with Crippen molar-refractivity contribution in [2.24, 2.45) is 0 Å². The Morgan fingerprint density at radius 3 is 2.58 bits per heavy atom. The van der Waals surface area contributed by atoms with Gasteiger partial charge in [-0.05, 0) is 42.5 Å². The highest BCUT2D eigenvalue weighted by Crippen LogP contribution is 2.32. The van der Waals surface area contributed by atoms with Crippen molar-refractivity contribution >= 4 is 28.1 Å². The number of anilines is 3. The molecule has 0 fully saturated rings. The first kappa shape index (κ1) is 15.6. The van der Waals surface area contributed by atoms with E-state index in [4.69, 9.17) is 5.73 Å². The van der Waals surface area contributed by atoms with Gasteiger partial charge in [-0.15, -0.1) is 0 Å². The summed E-state index contributed by atoms with van der Waals surface area (Å²) in [5.41, 5.74) is 6.45. The molecule has 0 aliphatic heterocycles. The molecular formula is C17H11F3N4. The van der Waals surface area contributed by atoms with Gasteiger partial charge in [0.1, 0.15) is 11.9 Å². The van der Waals surface area contributed by atoms with Gasteiger partial charge in [0.2, 0.25) is 0 Å². The van der Waals surface area contributed by atoms with Gasteiger partial charge in [0.25, 0.3) is 0 Å². The van der Waals surface area contributed by atoms with E-state index in [9.17, 15) is 18.4 Å². The van der Waals surface area contributed by atoms with Crippen LogP contribution in [0.1, 0.15) is 11.1 Å². The zero-order valence-electron chi connectivity index (χ0n) is 12.2. The third-order valence-corrected chi connectivity index (χ3v) is 3.41. The zero-order valence-corrected chi connectivity index (χ0v) is 12.2. The average molecular weight is 328 g/mol. The molecule has 4 nitrogen and oxygen atoms in total. The Morgan fingerprint density at radius 1 is 1.08 bits per heavy atom. The van der Waals surface area contributed by atoms with Crippen LogP contribution in [-0.4, -0.2) is 4.98 Å². The second-order valence-corrected chi connectivity index (χ2v) is 5.15. The number of nitrogens with zero attached hydrogens (tertiary/aromatic N) is 2. The number of hydrogen-bond donors (Lipinski definition) is 2. The first-order valence-electron chi connectivity index (χ1n) is 6.91. The number of alkyl halides is 3. The monoisotopic (exact) mass is 328 g/mol. The van der Waals surface area contributed by atoms with E-state index in [1.54, 1.807) is 24.3 Å². The van der Waals surface area contributed by atoms with Crippen molar-refractivity contribution in [3.8, 4) is 6.07 Å². The molecule has 0 atom stereocenters. The van der Waals surface area contributed by atoms with Crippen LogP contribution in [0.15, 0.2) is 48.5 Å². The van der Waals surface area contributed by atoms with Gasteiger partial charge in [-0.25, -0.2) is 4.98 Å². The number of pyridine rings is 1. The molecule has 0 saturated carbocycles. The van der Waals surface area contributed by atoms with Crippen LogP contribution in [0.25, 0.3) is 10.9 Å². The average Bonchev–Trinajstić information content (AvgIpc) is 2.54. The van der Waals surface area contributed by atoms with Crippen molar-refractivity contribution < 1.29 is 13.2 Å². The molecule has 0 unspecified atom stereocenters. The molecule has 7 heteroatoms. The molecule has 120 valence electrons. The van der Waals surface area contributed by atoms with E-state index in [1.807, 2.05) is 6.07 Å². The van der Waals surface area contributed by atoms with Crippen LogP contribution < -0.4 is 11.1 Å². The second kappa shape index (κ2) is 5.74. The molecule has 24 heavy (non-hydrogen) atoms. The smallest absolute Gasteiger partial charge is 0.399 e. The highest BCUT2D eigenvalue weighted by molar-refractivity contribution is 5.86. The van der Waals surface area contributed by atoms with E-state index < -0.39 is 11.7 Å². The van der Waals surface area contributed by atoms with Gasteiger partial charge in [0.15, 0.2) is 0 Å². The van der Waals surface area contributed by atoms with E-state index in [2.05, 4.69) is 10.3 Å². The number of rotatable bonds is 2. The summed E-state index contributed by atoms with van der Waals surface area (Å²) in [7, 11) is 0. The van der Waals surface area contributed by atoms with Crippen LogP contribution >= 0.6 is 0 Å². The molecule has 0 aliphatic carbocycles. The first-order valence-corrected chi connectivity index (χ1v) is 6.91. The van der Waals surface area contributed by atoms with Gasteiger partial charge in [0, 0.05) is 16.8 Å². The normalized spacial score (nSPS) is 11.2. The van der Waals surface area contributed by atoms with Crippen LogP contribution in [0.2, 0.25) is 0 Å². The number of nitrogens with one attached hydrogen (secondary N) is 1. The van der Waals surface area contributed by atoms with E-state index in [1.165, 1.54) is 12.1 Å². The summed E-state index contributed by atoms with van der Waals surface area (Å²) < 4.78 is 38.4. The van der Waals surface area contributed by atoms with Crippen LogP contribution in [0, 0.1) is 11.3 Å². The van der Waals surface area contributed by atoms with Gasteiger partial charge >= 0.3 is 6.18 Å². The lowest BCUT2D eigenvalue weighted by Crippen LogP contribution is -2.05. The third kappa shape index (κ3) is 3.08. The molecule has 0 saturated heterocycles. The quantitative estimate of drug-likeness (QED) is 0.682. The zero-order chi connectivity index (χ0) is 17.3. The Kier molecular flexibility index (Phi) is 3.73. The fourth-order valence-corrected chi connectivity index (χ4v) is 2.29. The fourth-order valence-electron chi connectivity index (χ4n) is 2.29. The molecule has 0 bridgehead atoms. The van der Waals surface area contributed by atoms with Crippen LogP contribution in [0.4, 0.5) is 30.4 Å². The predicted octanol–water partition coefficient (Wildman–Crippen LogP) is 4.45. The number of halogens is 3. The first-order chi connectivity index (χ1) is 11.4. The minimum Gasteiger partial charge on any atom is -0.399 e. The predicted molar refractivity (Wildman–Crippen MR) is 85.6 cm³/mol. The number of nitriles is 1. The van der Waals surface area contributed by atoms with Crippen molar-refractivity contribution in [2.75, 3.05) is 11.1 Å². The standard InChI is InChI=1S/C17H11F3N4/c18-17(19,20)12-2-1-3-14(8-12)23-16-11(9-21)6-10-7-13(22)4-5-15(10)24-16/h1-8H,22H2,(H,23,24). The maximum atomic E-state index is 12.8. The van der Waals surface area contributed by atoms with Crippen molar-refractivity contribution in [3.05, 3.63) is 59.7 Å². The fraction of sp³-hybridized carbons (Fsp3) is 0.0588. The molecular weight excluding hydrogens is 317 g/mol. The van der Waals surface area contributed by atoms with E-state index >= 15 is 0 Å². The maximum absolute atomic E-state index is 12.8. The van der Waals surface area contributed by atoms with Gasteiger partial charge in [-0.2, -0.15) is 18.4 Å². The lowest BCUT2D eigenvalue weighted by Gasteiger charge is -2.12. The molecule has 3 aromatic rings. The van der Waals surface area contributed by atoms with Gasteiger partial charge in [0.05, 0.1) is 16.6 Å². The number of nitrogen functional groups attached to an aromatic ring is 1. The number of benzene rings is 2. The molecule has 0 spiro atoms. The second-order valence-electron chi connectivity index (χ2n) is 5.15. The minimum atomic E-state index is -4.44. The molecule has 2 aromatic carbocycles. The van der Waals surface area contributed by atoms with Crippen LogP contribution in [-0.2, 0) is 6.18 Å². The molecule has 0 aliphatic rings. The van der Waals surface area contributed by atoms with Gasteiger partial charge < -0.3 is 11.1 Å². The highest BCUT2D eigenvalue weighted by atomic mass is 19.4. The summed E-state index contributed by atoms with van der Waals surface area (Å²) in [6, 6.07) is 13.3. The van der Waals surface area contributed by atoms with Crippen LogP contribution in [0.3, 0.4) is 0 Å². The summed E-state index contributed by atoms with van der Waals surface area (Å²) in [4.78, 5) is 4.30. The lowest BCUT2D eigenvalue weighted by molar-refractivity contribution is -0.137. The number of nitrogens with two attached hydrogens (primary N) is 1. The molecule has 1 heterocycles. The number of fused-ring (bicyclic) bond motifs is 1. The Bertz CT molecular complexity index is 958. The van der Waals surface area contributed by atoms with E-state index in [0.717, 1.165) is 12.1 Å².